The van der Waals surface area contributed by atoms with Gasteiger partial charge in [0.05, 0.1) is 0 Å². The number of hydrogen-bond acceptors (Lipinski definition) is 4. The molecule has 0 aliphatic rings. The lowest BCUT2D eigenvalue weighted by Gasteiger charge is -2.04. The molecule has 1 heterocycles. The van der Waals surface area contributed by atoms with Crippen LogP contribution in [0.3, 0.4) is 0 Å². The molecule has 9 heteroatoms. The lowest BCUT2D eigenvalue weighted by Crippen LogP contribution is -2.19. The van der Waals surface area contributed by atoms with Gasteiger partial charge in [-0.05, 0) is 6.92 Å². The van der Waals surface area contributed by atoms with Crippen molar-refractivity contribution in [3.63, 3.8) is 0 Å². The SMILES string of the molecule is CCn1c(C(F)F)nnc1S(N)(=O)=O. The summed E-state index contributed by atoms with van der Waals surface area (Å²) in [6.45, 7) is 1.50. The molecule has 0 saturated heterocycles. The number of alkyl halides is 2. The van der Waals surface area contributed by atoms with Crippen molar-refractivity contribution in [2.75, 3.05) is 0 Å². The lowest BCUT2D eigenvalue weighted by atomic mass is 10.6. The summed E-state index contributed by atoms with van der Waals surface area (Å²) in [6, 6.07) is 0. The number of nitrogens with zero attached hydrogens (tertiary/aromatic N) is 3. The van der Waals surface area contributed by atoms with Crippen LogP contribution in [0.5, 0.6) is 0 Å². The van der Waals surface area contributed by atoms with Gasteiger partial charge in [0, 0.05) is 6.54 Å². The van der Waals surface area contributed by atoms with E-state index in [1.165, 1.54) is 6.92 Å². The van der Waals surface area contributed by atoms with Crippen LogP contribution in [0, 0.1) is 0 Å². The molecule has 2 N–H and O–H groups in total. The summed E-state index contributed by atoms with van der Waals surface area (Å²) in [7, 11) is -4.10. The molecule has 0 saturated carbocycles. The highest BCUT2D eigenvalue weighted by Gasteiger charge is 2.24. The Balaban J connectivity index is 3.35. The molecule has 0 amide bonds. The third-order valence-electron chi connectivity index (χ3n) is 1.51. The van der Waals surface area contributed by atoms with E-state index in [0.29, 0.717) is 0 Å². The zero-order chi connectivity index (χ0) is 10.9. The van der Waals surface area contributed by atoms with Crippen LogP contribution in [0.1, 0.15) is 19.2 Å². The Kier molecular flexibility index (Phi) is 2.81. The summed E-state index contributed by atoms with van der Waals surface area (Å²) in [4.78, 5) is 0. The van der Waals surface area contributed by atoms with Crippen molar-refractivity contribution in [2.24, 2.45) is 5.14 Å². The third kappa shape index (κ3) is 1.87. The largest absolute Gasteiger partial charge is 0.297 e. The topological polar surface area (TPSA) is 90.9 Å². The minimum absolute atomic E-state index is 0.0123. The predicted molar refractivity (Wildman–Crippen MR) is 42.0 cm³/mol. The summed E-state index contributed by atoms with van der Waals surface area (Å²) < 4.78 is 47.0. The summed E-state index contributed by atoms with van der Waals surface area (Å²) in [6.07, 6.45) is -2.88. The molecule has 0 aliphatic heterocycles. The lowest BCUT2D eigenvalue weighted by molar-refractivity contribution is 0.134. The van der Waals surface area contributed by atoms with Crippen LogP contribution in [0.2, 0.25) is 0 Å². The maximum absolute atomic E-state index is 12.3. The molecule has 0 fully saturated rings. The molecule has 14 heavy (non-hydrogen) atoms. The van der Waals surface area contributed by atoms with Crippen molar-refractivity contribution in [3.8, 4) is 0 Å². The van der Waals surface area contributed by atoms with E-state index in [1.807, 2.05) is 0 Å². The van der Waals surface area contributed by atoms with Crippen molar-refractivity contribution < 1.29 is 17.2 Å². The maximum atomic E-state index is 12.3. The molecular weight excluding hydrogens is 218 g/mol. The van der Waals surface area contributed by atoms with Gasteiger partial charge in [0.25, 0.3) is 21.6 Å². The summed E-state index contributed by atoms with van der Waals surface area (Å²) in [5, 5.41) is 10.3. The van der Waals surface area contributed by atoms with Crippen LogP contribution in [0.25, 0.3) is 0 Å². The molecule has 0 atom stereocenters. The van der Waals surface area contributed by atoms with Crippen molar-refractivity contribution in [1.29, 1.82) is 0 Å². The van der Waals surface area contributed by atoms with E-state index in [0.717, 1.165) is 4.57 Å². The minimum atomic E-state index is -4.10. The van der Waals surface area contributed by atoms with Gasteiger partial charge in [0.1, 0.15) is 0 Å². The van der Waals surface area contributed by atoms with Gasteiger partial charge >= 0.3 is 0 Å². The molecular formula is C5H8F2N4O2S. The summed E-state index contributed by atoms with van der Waals surface area (Å²) >= 11 is 0. The Morgan fingerprint density at radius 2 is 2.07 bits per heavy atom. The fourth-order valence-corrected chi connectivity index (χ4v) is 1.65. The van der Waals surface area contributed by atoms with E-state index in [-0.39, 0.29) is 6.54 Å². The first kappa shape index (κ1) is 11.0. The van der Waals surface area contributed by atoms with E-state index in [4.69, 9.17) is 5.14 Å². The number of sulfonamides is 1. The highest BCUT2D eigenvalue weighted by molar-refractivity contribution is 7.89. The van der Waals surface area contributed by atoms with Gasteiger partial charge in [-0.3, -0.25) is 4.57 Å². The smallest absolute Gasteiger partial charge is 0.296 e. The van der Waals surface area contributed by atoms with Gasteiger partial charge in [-0.25, -0.2) is 22.3 Å². The van der Waals surface area contributed by atoms with E-state index >= 15 is 0 Å². The van der Waals surface area contributed by atoms with E-state index in [9.17, 15) is 17.2 Å². The highest BCUT2D eigenvalue weighted by atomic mass is 32.2. The van der Waals surface area contributed by atoms with Crippen molar-refractivity contribution in [3.05, 3.63) is 5.82 Å². The Labute approximate surface area is 78.8 Å². The summed E-state index contributed by atoms with van der Waals surface area (Å²) in [5.74, 6) is -0.698. The maximum Gasteiger partial charge on any atom is 0.297 e. The second-order valence-corrected chi connectivity index (χ2v) is 3.89. The van der Waals surface area contributed by atoms with E-state index in [1.54, 1.807) is 0 Å². The van der Waals surface area contributed by atoms with Gasteiger partial charge in [0.2, 0.25) is 5.82 Å². The highest BCUT2D eigenvalue weighted by Crippen LogP contribution is 2.18. The predicted octanol–water partition coefficient (Wildman–Crippen LogP) is -0.117. The first-order chi connectivity index (χ1) is 6.38. The monoisotopic (exact) mass is 226 g/mol. The Bertz CT molecular complexity index is 427. The Morgan fingerprint density at radius 3 is 2.43 bits per heavy atom. The molecule has 0 radical (unpaired) electrons. The first-order valence-corrected chi connectivity index (χ1v) is 5.16. The molecule has 6 nitrogen and oxygen atoms in total. The molecule has 1 aromatic heterocycles. The molecule has 1 rings (SSSR count). The van der Waals surface area contributed by atoms with Crippen molar-refractivity contribution >= 4 is 10.0 Å². The van der Waals surface area contributed by atoms with Crippen molar-refractivity contribution in [1.82, 2.24) is 14.8 Å². The number of hydrogen-bond donors (Lipinski definition) is 1. The van der Waals surface area contributed by atoms with Gasteiger partial charge < -0.3 is 0 Å². The molecule has 80 valence electrons. The van der Waals surface area contributed by atoms with Crippen LogP contribution < -0.4 is 5.14 Å². The zero-order valence-corrected chi connectivity index (χ0v) is 8.00. The second-order valence-electron chi connectivity index (χ2n) is 2.43. The van der Waals surface area contributed by atoms with Gasteiger partial charge in [-0.1, -0.05) is 0 Å². The van der Waals surface area contributed by atoms with Crippen LogP contribution in [-0.4, -0.2) is 23.2 Å². The van der Waals surface area contributed by atoms with E-state index in [2.05, 4.69) is 10.2 Å². The van der Waals surface area contributed by atoms with Crippen LogP contribution in [0.15, 0.2) is 5.16 Å². The number of rotatable bonds is 3. The molecule has 0 spiro atoms. The average molecular weight is 226 g/mol. The van der Waals surface area contributed by atoms with E-state index < -0.39 is 27.4 Å². The fraction of sp³-hybridized carbons (Fsp3) is 0.600. The average Bonchev–Trinajstić information content (AvgIpc) is 2.45. The molecule has 0 bridgehead atoms. The fourth-order valence-electron chi connectivity index (χ4n) is 0.969. The van der Waals surface area contributed by atoms with Crippen molar-refractivity contribution in [2.45, 2.75) is 25.1 Å². The number of primary sulfonamides is 1. The molecule has 1 aromatic rings. The first-order valence-electron chi connectivity index (χ1n) is 3.62. The van der Waals surface area contributed by atoms with Gasteiger partial charge in [-0.2, -0.15) is 0 Å². The van der Waals surface area contributed by atoms with Gasteiger partial charge in [-0.15, -0.1) is 10.2 Å². The molecule has 0 unspecified atom stereocenters. The van der Waals surface area contributed by atoms with Gasteiger partial charge in [0.15, 0.2) is 0 Å². The zero-order valence-electron chi connectivity index (χ0n) is 7.18. The normalized spacial score (nSPS) is 12.4. The number of halogens is 2. The minimum Gasteiger partial charge on any atom is -0.296 e. The second kappa shape index (κ2) is 3.58. The standard InChI is InChI=1S/C5H8F2N4O2S/c1-2-11-4(3(6)7)9-10-5(11)14(8,12)13/h3H,2H2,1H3,(H2,8,12,13). The quantitative estimate of drug-likeness (QED) is 0.778. The number of nitrogens with two attached hydrogens (primary N) is 1. The van der Waals surface area contributed by atoms with Crippen LogP contribution >= 0.6 is 0 Å². The molecule has 0 aromatic carbocycles. The third-order valence-corrected chi connectivity index (χ3v) is 2.32. The van der Waals surface area contributed by atoms with Crippen LogP contribution in [0.4, 0.5) is 8.78 Å². The molecule has 0 aliphatic carbocycles. The Hall–Kier alpha value is -1.09. The summed E-state index contributed by atoms with van der Waals surface area (Å²) in [5.41, 5.74) is 0. The Morgan fingerprint density at radius 1 is 1.50 bits per heavy atom. The van der Waals surface area contributed by atoms with Crippen LogP contribution in [-0.2, 0) is 16.6 Å². The number of aromatic nitrogens is 3.